The highest BCUT2D eigenvalue weighted by atomic mass is 16.2. The van der Waals surface area contributed by atoms with Crippen molar-refractivity contribution in [2.24, 2.45) is 9.98 Å². The summed E-state index contributed by atoms with van der Waals surface area (Å²) < 4.78 is 0. The lowest BCUT2D eigenvalue weighted by atomic mass is 9.98. The van der Waals surface area contributed by atoms with Crippen LogP contribution in [0.25, 0.3) is 16.6 Å². The molecule has 0 aliphatic carbocycles. The molecular weight excluding hydrogens is 414 g/mol. The van der Waals surface area contributed by atoms with Crippen LogP contribution >= 0.6 is 0 Å². The number of aromatic nitrogens is 2. The molecule has 2 aromatic carbocycles. The SMILES string of the molecule is CN=C1N=CC(c2ccc(C(=O)CC(=N)CCCO)cc2)=CCC1c1nc2ccccc2[nH]1. The quantitative estimate of drug-likeness (QED) is 0.350. The third kappa shape index (κ3) is 5.21. The topological polar surface area (TPSA) is 115 Å². The van der Waals surface area contributed by atoms with E-state index in [1.807, 2.05) is 42.6 Å². The maximum atomic E-state index is 12.4. The molecule has 7 nitrogen and oxygen atoms in total. The third-order valence-corrected chi connectivity index (χ3v) is 5.74. The minimum absolute atomic E-state index is 0.0313. The van der Waals surface area contributed by atoms with Gasteiger partial charge < -0.3 is 15.5 Å². The highest BCUT2D eigenvalue weighted by Crippen LogP contribution is 2.28. The number of carbonyl (C=O) groups is 1. The number of amidine groups is 1. The normalized spacial score (nSPS) is 17.2. The van der Waals surface area contributed by atoms with E-state index >= 15 is 0 Å². The predicted octanol–water partition coefficient (Wildman–Crippen LogP) is 4.60. The van der Waals surface area contributed by atoms with Gasteiger partial charge in [-0.25, -0.2) is 9.98 Å². The Morgan fingerprint density at radius 3 is 2.73 bits per heavy atom. The van der Waals surface area contributed by atoms with Crippen LogP contribution in [0.15, 0.2) is 64.6 Å². The Hall–Kier alpha value is -3.71. The second-order valence-corrected chi connectivity index (χ2v) is 8.03. The zero-order valence-corrected chi connectivity index (χ0v) is 18.6. The average Bonchev–Trinajstić information content (AvgIpc) is 3.15. The molecule has 0 saturated carbocycles. The summed E-state index contributed by atoms with van der Waals surface area (Å²) >= 11 is 0. The molecule has 4 rings (SSSR count). The Kier molecular flexibility index (Phi) is 7.00. The van der Waals surface area contributed by atoms with Gasteiger partial charge in [-0.1, -0.05) is 42.5 Å². The number of aliphatic hydroxyl groups excluding tert-OH is 1. The van der Waals surface area contributed by atoms with Crippen LogP contribution < -0.4 is 0 Å². The second kappa shape index (κ2) is 10.3. The number of fused-ring (bicyclic) bond motifs is 1. The van der Waals surface area contributed by atoms with E-state index in [0.29, 0.717) is 36.4 Å². The average molecular weight is 442 g/mol. The van der Waals surface area contributed by atoms with Crippen LogP contribution in [-0.4, -0.2) is 52.3 Å². The highest BCUT2D eigenvalue weighted by molar-refractivity contribution is 6.15. The predicted molar refractivity (Wildman–Crippen MR) is 133 cm³/mol. The molecule has 1 atom stereocenters. The number of carbonyl (C=O) groups excluding carboxylic acids is 1. The molecule has 1 unspecified atom stereocenters. The molecule has 168 valence electrons. The molecule has 0 saturated heterocycles. The minimum atomic E-state index is -0.0849. The van der Waals surface area contributed by atoms with E-state index in [1.165, 1.54) is 0 Å². The van der Waals surface area contributed by atoms with Crippen LogP contribution in [0.4, 0.5) is 0 Å². The number of Topliss-reactive ketones (excluding diaryl/α,β-unsaturated/α-hetero) is 1. The van der Waals surface area contributed by atoms with Crippen LogP contribution in [-0.2, 0) is 0 Å². The fraction of sp³-hybridized carbons (Fsp3) is 0.269. The molecule has 7 heteroatoms. The number of para-hydroxylation sites is 2. The minimum Gasteiger partial charge on any atom is -0.396 e. The lowest BCUT2D eigenvalue weighted by molar-refractivity contribution is 0.1000. The van der Waals surface area contributed by atoms with Crippen molar-refractivity contribution in [3.63, 3.8) is 0 Å². The second-order valence-electron chi connectivity index (χ2n) is 8.03. The molecule has 33 heavy (non-hydrogen) atoms. The van der Waals surface area contributed by atoms with E-state index in [1.54, 1.807) is 19.2 Å². The number of nitrogens with one attached hydrogen (secondary N) is 2. The molecular formula is C26H27N5O2. The van der Waals surface area contributed by atoms with Gasteiger partial charge in [-0.15, -0.1) is 0 Å². The molecule has 1 aliphatic rings. The van der Waals surface area contributed by atoms with E-state index < -0.39 is 0 Å². The number of H-pyrrole nitrogens is 1. The lowest BCUT2D eigenvalue weighted by Crippen LogP contribution is -2.11. The molecule has 1 aliphatic heterocycles. The maximum Gasteiger partial charge on any atom is 0.168 e. The third-order valence-electron chi connectivity index (χ3n) is 5.74. The summed E-state index contributed by atoms with van der Waals surface area (Å²) in [6.45, 7) is 0.0313. The fourth-order valence-electron chi connectivity index (χ4n) is 3.93. The number of aliphatic imine (C=N–C) groups is 2. The van der Waals surface area contributed by atoms with E-state index in [4.69, 9.17) is 15.5 Å². The molecule has 0 spiro atoms. The molecule has 0 radical (unpaired) electrons. The molecule has 0 amide bonds. The van der Waals surface area contributed by atoms with Crippen molar-refractivity contribution < 1.29 is 9.90 Å². The van der Waals surface area contributed by atoms with E-state index in [-0.39, 0.29) is 24.7 Å². The van der Waals surface area contributed by atoms with Gasteiger partial charge >= 0.3 is 0 Å². The van der Waals surface area contributed by atoms with E-state index in [9.17, 15) is 4.79 Å². The maximum absolute atomic E-state index is 12.4. The molecule has 3 N–H and O–H groups in total. The Morgan fingerprint density at radius 1 is 1.21 bits per heavy atom. The number of hydrogen-bond donors (Lipinski definition) is 3. The van der Waals surface area contributed by atoms with Gasteiger partial charge in [-0.2, -0.15) is 0 Å². The Balaban J connectivity index is 1.51. The van der Waals surface area contributed by atoms with Gasteiger partial charge in [0.1, 0.15) is 11.7 Å². The molecule has 3 aromatic rings. The van der Waals surface area contributed by atoms with Gasteiger partial charge in [0.25, 0.3) is 0 Å². The number of allylic oxidation sites excluding steroid dienone is 2. The fourth-order valence-corrected chi connectivity index (χ4v) is 3.93. The summed E-state index contributed by atoms with van der Waals surface area (Å²) in [6.07, 6.45) is 5.67. The van der Waals surface area contributed by atoms with E-state index in [0.717, 1.165) is 28.0 Å². The van der Waals surface area contributed by atoms with Crippen LogP contribution in [0, 0.1) is 5.41 Å². The molecule has 0 fully saturated rings. The number of ketones is 1. The van der Waals surface area contributed by atoms with Gasteiger partial charge in [0, 0.05) is 37.6 Å². The highest BCUT2D eigenvalue weighted by Gasteiger charge is 2.22. The molecule has 0 bridgehead atoms. The van der Waals surface area contributed by atoms with Gasteiger partial charge in [0.2, 0.25) is 0 Å². The van der Waals surface area contributed by atoms with Crippen molar-refractivity contribution in [2.45, 2.75) is 31.6 Å². The van der Waals surface area contributed by atoms with Crippen molar-refractivity contribution in [3.8, 4) is 0 Å². The van der Waals surface area contributed by atoms with Crippen LogP contribution in [0.2, 0.25) is 0 Å². The molecule has 1 aromatic heterocycles. The number of nitrogens with zero attached hydrogens (tertiary/aromatic N) is 3. The lowest BCUT2D eigenvalue weighted by Gasteiger charge is -2.10. The van der Waals surface area contributed by atoms with Crippen molar-refractivity contribution in [3.05, 3.63) is 71.6 Å². The standard InChI is InChI=1S/C26H27N5O2/c1-28-25-21(26-30-22-6-2-3-7-23(22)31-26)13-12-19(16-29-25)17-8-10-18(11-9-17)24(33)15-20(27)5-4-14-32/h2-3,6-12,16,21,27,32H,4-5,13-15H2,1H3,(H,30,31). The zero-order chi connectivity index (χ0) is 23.2. The van der Waals surface area contributed by atoms with Crippen LogP contribution in [0.1, 0.15) is 53.3 Å². The first-order valence-corrected chi connectivity index (χ1v) is 11.1. The molecule has 2 heterocycles. The number of aliphatic hydroxyl groups is 1. The largest absolute Gasteiger partial charge is 0.396 e. The Labute approximate surface area is 192 Å². The number of aromatic amines is 1. The van der Waals surface area contributed by atoms with E-state index in [2.05, 4.69) is 21.0 Å². The van der Waals surface area contributed by atoms with Gasteiger partial charge in [0.05, 0.1) is 17.0 Å². The monoisotopic (exact) mass is 441 g/mol. The van der Waals surface area contributed by atoms with Crippen LogP contribution in [0.3, 0.4) is 0 Å². The summed E-state index contributed by atoms with van der Waals surface area (Å²) in [7, 11) is 1.74. The van der Waals surface area contributed by atoms with Gasteiger partial charge in [-0.3, -0.25) is 9.79 Å². The number of hydrogen-bond acceptors (Lipinski definition) is 5. The summed E-state index contributed by atoms with van der Waals surface area (Å²) in [6, 6.07) is 15.3. The van der Waals surface area contributed by atoms with Crippen LogP contribution in [0.5, 0.6) is 0 Å². The first-order chi connectivity index (χ1) is 16.1. The number of benzene rings is 2. The van der Waals surface area contributed by atoms with Gasteiger partial charge in [0.15, 0.2) is 5.78 Å². The van der Waals surface area contributed by atoms with Crippen molar-refractivity contribution in [1.29, 1.82) is 5.41 Å². The zero-order valence-electron chi connectivity index (χ0n) is 18.6. The van der Waals surface area contributed by atoms with Crippen molar-refractivity contribution in [1.82, 2.24) is 9.97 Å². The van der Waals surface area contributed by atoms with Crippen molar-refractivity contribution >= 4 is 40.2 Å². The Bertz CT molecular complexity index is 1220. The summed E-state index contributed by atoms with van der Waals surface area (Å²) in [5, 5.41) is 16.8. The first-order valence-electron chi connectivity index (χ1n) is 11.1. The summed E-state index contributed by atoms with van der Waals surface area (Å²) in [4.78, 5) is 29.6. The number of imidazole rings is 1. The Morgan fingerprint density at radius 2 is 2.00 bits per heavy atom. The van der Waals surface area contributed by atoms with Crippen molar-refractivity contribution in [2.75, 3.05) is 13.7 Å². The smallest absolute Gasteiger partial charge is 0.168 e. The number of rotatable bonds is 8. The summed E-state index contributed by atoms with van der Waals surface area (Å²) in [5.74, 6) is 1.41. The summed E-state index contributed by atoms with van der Waals surface area (Å²) in [5.41, 5.74) is 4.76. The first kappa shape index (κ1) is 22.5. The van der Waals surface area contributed by atoms with Gasteiger partial charge in [-0.05, 0) is 42.5 Å².